The number of nitrogens with zero attached hydrogens (tertiary/aromatic N) is 4. The van der Waals surface area contributed by atoms with Gasteiger partial charge in [-0.2, -0.15) is 0 Å². The minimum absolute atomic E-state index is 0.148. The topological polar surface area (TPSA) is 70.2 Å². The summed E-state index contributed by atoms with van der Waals surface area (Å²) >= 11 is 0. The minimum Gasteiger partial charge on any atom is -0.352 e. The van der Waals surface area contributed by atoms with Crippen molar-refractivity contribution in [2.24, 2.45) is 9.98 Å². The molecule has 2 aliphatic heterocycles. The quantitative estimate of drug-likeness (QED) is 0.172. The molecule has 7 nitrogen and oxygen atoms in total. The average molecular weight is 696 g/mol. The van der Waals surface area contributed by atoms with E-state index in [1.54, 1.807) is 0 Å². The zero-order valence-corrected chi connectivity index (χ0v) is 29.1. The fraction of sp³-hybridized carbons (Fsp3) is 0.0638. The Hall–Kier alpha value is -6.96. The first-order valence-corrected chi connectivity index (χ1v) is 18.5. The van der Waals surface area contributed by atoms with E-state index in [9.17, 15) is 0 Å². The molecule has 0 saturated carbocycles. The standard InChI is InChI=1S/C47H33N7/c1-3-14-28(15-4-1)44-50-45(29-16-5-2-6-17-29)52-46(51-44)42-34-19-7-9-23-35(34)48-47(49-42)54-37-25-12-20-31-33-22-11-21-32-30-18-8-10-24-36(30)53(43(32)33)38-26-13-27-39(54)41(38)40(31)37/h1-27,42,44-45,50H,(H,48,49)(H,51,52). The van der Waals surface area contributed by atoms with Crippen LogP contribution >= 0.6 is 0 Å². The summed E-state index contributed by atoms with van der Waals surface area (Å²) in [6.07, 6.45) is -0.391. The summed E-state index contributed by atoms with van der Waals surface area (Å²) < 4.78 is 4.80. The third kappa shape index (κ3) is 4.15. The van der Waals surface area contributed by atoms with Crippen molar-refractivity contribution in [1.82, 2.24) is 24.9 Å². The van der Waals surface area contributed by atoms with Crippen molar-refractivity contribution in [1.29, 1.82) is 0 Å². The van der Waals surface area contributed by atoms with Gasteiger partial charge >= 0.3 is 0 Å². The van der Waals surface area contributed by atoms with Crippen LogP contribution in [-0.4, -0.2) is 20.8 Å². The van der Waals surface area contributed by atoms with Gasteiger partial charge in [-0.15, -0.1) is 0 Å². The van der Waals surface area contributed by atoms with E-state index in [2.05, 4.69) is 183 Å². The molecule has 256 valence electrons. The summed E-state index contributed by atoms with van der Waals surface area (Å²) in [5.74, 6) is 1.62. The first kappa shape index (κ1) is 29.6. The molecule has 0 bridgehead atoms. The van der Waals surface area contributed by atoms with Crippen LogP contribution in [0.2, 0.25) is 0 Å². The predicted molar refractivity (Wildman–Crippen MR) is 221 cm³/mol. The SMILES string of the molecule is c1ccc(C2N=C(C3NC(n4c5cccc6c7cccc8c9ccccc9n(c9cccc4c9c65)c78)=Nc4ccccc43)NC(c3ccccc3)N2)cc1. The number of hydrogen-bond acceptors (Lipinski definition) is 5. The molecule has 0 saturated heterocycles. The van der Waals surface area contributed by atoms with Gasteiger partial charge in [-0.3, -0.25) is 9.88 Å². The van der Waals surface area contributed by atoms with Crippen LogP contribution in [0.15, 0.2) is 174 Å². The van der Waals surface area contributed by atoms with Crippen LogP contribution in [0.4, 0.5) is 5.69 Å². The Kier molecular flexibility index (Phi) is 6.18. The Morgan fingerprint density at radius 2 is 1.09 bits per heavy atom. The second kappa shape index (κ2) is 11.3. The fourth-order valence-corrected chi connectivity index (χ4v) is 9.08. The van der Waals surface area contributed by atoms with Crippen molar-refractivity contribution >= 4 is 77.4 Å². The van der Waals surface area contributed by atoms with Crippen molar-refractivity contribution in [3.8, 4) is 0 Å². The summed E-state index contributed by atoms with van der Waals surface area (Å²) in [5, 5.41) is 18.9. The van der Waals surface area contributed by atoms with Crippen LogP contribution in [0, 0.1) is 0 Å². The maximum atomic E-state index is 5.38. The van der Waals surface area contributed by atoms with Gasteiger partial charge in [0, 0.05) is 32.5 Å². The second-order valence-corrected chi connectivity index (χ2v) is 14.3. The van der Waals surface area contributed by atoms with E-state index in [-0.39, 0.29) is 18.4 Å². The molecular formula is C47H33N7. The van der Waals surface area contributed by atoms with Crippen LogP contribution in [0.3, 0.4) is 0 Å². The number of rotatable bonds is 3. The molecule has 3 unspecified atom stereocenters. The van der Waals surface area contributed by atoms with Gasteiger partial charge in [0.15, 0.2) is 0 Å². The van der Waals surface area contributed by atoms with E-state index < -0.39 is 0 Å². The van der Waals surface area contributed by atoms with Gasteiger partial charge in [0.2, 0.25) is 5.96 Å². The molecule has 0 amide bonds. The number of para-hydroxylation sites is 3. The van der Waals surface area contributed by atoms with Gasteiger partial charge in [-0.1, -0.05) is 133 Å². The molecule has 0 fully saturated rings. The lowest BCUT2D eigenvalue weighted by atomic mass is 10.00. The normalized spacial score (nSPS) is 18.6. The van der Waals surface area contributed by atoms with Gasteiger partial charge in [0.25, 0.3) is 0 Å². The summed E-state index contributed by atoms with van der Waals surface area (Å²) in [6.45, 7) is 0. The molecule has 3 aromatic heterocycles. The maximum Gasteiger partial charge on any atom is 0.209 e. The predicted octanol–water partition coefficient (Wildman–Crippen LogP) is 10.1. The van der Waals surface area contributed by atoms with E-state index in [0.717, 1.165) is 45.2 Å². The molecule has 5 heterocycles. The Labute approximate surface area is 310 Å². The zero-order valence-electron chi connectivity index (χ0n) is 29.1. The van der Waals surface area contributed by atoms with Crippen LogP contribution < -0.4 is 16.0 Å². The molecule has 0 radical (unpaired) electrons. The Bertz CT molecular complexity index is 3160. The molecular weight excluding hydrogens is 663 g/mol. The number of fused-ring (bicyclic) bond motifs is 6. The fourth-order valence-electron chi connectivity index (χ4n) is 9.08. The molecule has 2 aliphatic rings. The lowest BCUT2D eigenvalue weighted by Crippen LogP contribution is -2.51. The molecule has 0 spiro atoms. The summed E-state index contributed by atoms with van der Waals surface area (Å²) in [4.78, 5) is 10.8. The lowest BCUT2D eigenvalue weighted by Gasteiger charge is -2.37. The monoisotopic (exact) mass is 695 g/mol. The lowest BCUT2D eigenvalue weighted by molar-refractivity contribution is 0.399. The summed E-state index contributed by atoms with van der Waals surface area (Å²) in [7, 11) is 0. The molecule has 7 aromatic carbocycles. The van der Waals surface area contributed by atoms with E-state index in [1.165, 1.54) is 48.9 Å². The van der Waals surface area contributed by atoms with E-state index >= 15 is 0 Å². The van der Waals surface area contributed by atoms with E-state index in [1.807, 2.05) is 6.07 Å². The molecule has 7 heteroatoms. The molecule has 0 aliphatic carbocycles. The van der Waals surface area contributed by atoms with E-state index in [4.69, 9.17) is 9.98 Å². The van der Waals surface area contributed by atoms with Crippen LogP contribution in [0.5, 0.6) is 0 Å². The van der Waals surface area contributed by atoms with Gasteiger partial charge in [-0.05, 0) is 46.8 Å². The molecule has 3 atom stereocenters. The van der Waals surface area contributed by atoms with Crippen molar-refractivity contribution in [3.63, 3.8) is 0 Å². The highest BCUT2D eigenvalue weighted by molar-refractivity contribution is 6.32. The van der Waals surface area contributed by atoms with Gasteiger partial charge in [-0.25, -0.2) is 9.98 Å². The Morgan fingerprint density at radius 1 is 0.481 bits per heavy atom. The van der Waals surface area contributed by atoms with E-state index in [0.29, 0.717) is 0 Å². The first-order chi connectivity index (χ1) is 26.8. The summed E-state index contributed by atoms with van der Waals surface area (Å²) in [5.41, 5.74) is 10.1. The number of aliphatic imine (C=N–C) groups is 2. The Balaban J connectivity index is 1.10. The second-order valence-electron chi connectivity index (χ2n) is 14.3. The third-order valence-electron chi connectivity index (χ3n) is 11.4. The average Bonchev–Trinajstić information content (AvgIpc) is 3.73. The van der Waals surface area contributed by atoms with Crippen molar-refractivity contribution in [2.75, 3.05) is 0 Å². The molecule has 10 aromatic rings. The zero-order chi connectivity index (χ0) is 35.3. The number of hydrogen-bond donors (Lipinski definition) is 3. The smallest absolute Gasteiger partial charge is 0.209 e. The highest BCUT2D eigenvalue weighted by atomic mass is 15.3. The number of benzene rings is 7. The number of aromatic nitrogens is 2. The van der Waals surface area contributed by atoms with Crippen molar-refractivity contribution in [2.45, 2.75) is 18.4 Å². The van der Waals surface area contributed by atoms with Crippen LogP contribution in [0.25, 0.3) is 59.9 Å². The number of nitrogens with one attached hydrogen (secondary N) is 3. The Morgan fingerprint density at radius 3 is 1.94 bits per heavy atom. The highest BCUT2D eigenvalue weighted by Crippen LogP contribution is 2.44. The molecule has 54 heavy (non-hydrogen) atoms. The van der Waals surface area contributed by atoms with Gasteiger partial charge < -0.3 is 15.0 Å². The van der Waals surface area contributed by atoms with Crippen LogP contribution in [-0.2, 0) is 0 Å². The maximum absolute atomic E-state index is 5.38. The first-order valence-electron chi connectivity index (χ1n) is 18.5. The van der Waals surface area contributed by atoms with Crippen LogP contribution in [0.1, 0.15) is 35.1 Å². The number of amidine groups is 1. The molecule has 3 N–H and O–H groups in total. The van der Waals surface area contributed by atoms with Crippen molar-refractivity contribution in [3.05, 3.63) is 180 Å². The third-order valence-corrected chi connectivity index (χ3v) is 11.4. The van der Waals surface area contributed by atoms with Crippen molar-refractivity contribution < 1.29 is 0 Å². The van der Waals surface area contributed by atoms with Gasteiger partial charge in [0.1, 0.15) is 24.2 Å². The largest absolute Gasteiger partial charge is 0.352 e. The summed E-state index contributed by atoms with van der Waals surface area (Å²) in [6, 6.07) is 58.0. The highest BCUT2D eigenvalue weighted by Gasteiger charge is 2.34. The minimum atomic E-state index is -0.284. The molecule has 12 rings (SSSR count). The van der Waals surface area contributed by atoms with Gasteiger partial charge in [0.05, 0.1) is 33.3 Å².